The van der Waals surface area contributed by atoms with Crippen LogP contribution in [-0.4, -0.2) is 38.0 Å². The standard InChI is InChI=1S/C28H29N3O3/c1-30-26-17-22(21-11-15-34-16-12-21)5-8-24(26)27(25(18-29)28(30)32)31-13-9-20(10-14-31)19-3-6-23(33-2)7-4-19/h3-8,11,17,20H,9-10,12-16H2,1-2H3. The molecule has 1 fully saturated rings. The van der Waals surface area contributed by atoms with Gasteiger partial charge in [-0.05, 0) is 60.1 Å². The fraction of sp³-hybridized carbons (Fsp3) is 0.357. The molecule has 0 spiro atoms. The summed E-state index contributed by atoms with van der Waals surface area (Å²) in [6.45, 7) is 2.94. The molecule has 0 amide bonds. The van der Waals surface area contributed by atoms with Crippen molar-refractivity contribution in [3.8, 4) is 11.8 Å². The number of hydrogen-bond acceptors (Lipinski definition) is 5. The monoisotopic (exact) mass is 455 g/mol. The minimum absolute atomic E-state index is 0.232. The summed E-state index contributed by atoms with van der Waals surface area (Å²) in [7, 11) is 3.44. The molecule has 0 radical (unpaired) electrons. The van der Waals surface area contributed by atoms with Crippen LogP contribution in [0.25, 0.3) is 16.5 Å². The van der Waals surface area contributed by atoms with Crippen LogP contribution in [0.4, 0.5) is 5.69 Å². The number of hydrogen-bond donors (Lipinski definition) is 0. The molecule has 3 heterocycles. The third-order valence-corrected chi connectivity index (χ3v) is 7.21. The van der Waals surface area contributed by atoms with Gasteiger partial charge >= 0.3 is 0 Å². The summed E-state index contributed by atoms with van der Waals surface area (Å²) < 4.78 is 12.4. The van der Waals surface area contributed by atoms with E-state index in [2.05, 4.69) is 47.4 Å². The number of anilines is 1. The maximum Gasteiger partial charge on any atom is 0.270 e. The molecule has 2 aromatic carbocycles. The summed E-state index contributed by atoms with van der Waals surface area (Å²) in [5.41, 5.74) is 5.30. The SMILES string of the molecule is COc1ccc(C2CCN(c3c(C#N)c(=O)n(C)c4cc(C5=CCOCC5)ccc34)CC2)cc1. The van der Waals surface area contributed by atoms with Crippen molar-refractivity contribution in [1.82, 2.24) is 4.57 Å². The predicted molar refractivity (Wildman–Crippen MR) is 134 cm³/mol. The van der Waals surface area contributed by atoms with Crippen molar-refractivity contribution in [2.45, 2.75) is 25.2 Å². The first-order chi connectivity index (χ1) is 16.6. The Morgan fingerprint density at radius 3 is 2.53 bits per heavy atom. The zero-order valence-electron chi connectivity index (χ0n) is 19.7. The van der Waals surface area contributed by atoms with E-state index in [0.717, 1.165) is 60.3 Å². The summed E-state index contributed by atoms with van der Waals surface area (Å²) in [6, 6.07) is 16.8. The highest BCUT2D eigenvalue weighted by molar-refractivity contribution is 5.96. The normalized spacial score (nSPS) is 16.9. The van der Waals surface area contributed by atoms with Crippen molar-refractivity contribution in [2.75, 3.05) is 38.3 Å². The van der Waals surface area contributed by atoms with Gasteiger partial charge in [0.2, 0.25) is 0 Å². The number of aryl methyl sites for hydroxylation is 1. The number of fused-ring (bicyclic) bond motifs is 1. The smallest absolute Gasteiger partial charge is 0.270 e. The highest BCUT2D eigenvalue weighted by Gasteiger charge is 2.26. The molecule has 0 aliphatic carbocycles. The number of aromatic nitrogens is 1. The second-order valence-corrected chi connectivity index (χ2v) is 9.02. The molecule has 2 aliphatic rings. The lowest BCUT2D eigenvalue weighted by Gasteiger charge is -2.35. The summed E-state index contributed by atoms with van der Waals surface area (Å²) in [5, 5.41) is 10.9. The molecule has 5 rings (SSSR count). The minimum Gasteiger partial charge on any atom is -0.497 e. The largest absolute Gasteiger partial charge is 0.497 e. The average molecular weight is 456 g/mol. The molecule has 6 nitrogen and oxygen atoms in total. The first-order valence-electron chi connectivity index (χ1n) is 11.8. The Hall–Kier alpha value is -3.56. The van der Waals surface area contributed by atoms with Crippen LogP contribution in [0.1, 0.15) is 41.9 Å². The van der Waals surface area contributed by atoms with E-state index in [4.69, 9.17) is 9.47 Å². The van der Waals surface area contributed by atoms with Gasteiger partial charge in [-0.15, -0.1) is 0 Å². The number of nitriles is 1. The Morgan fingerprint density at radius 2 is 1.88 bits per heavy atom. The molecule has 174 valence electrons. The van der Waals surface area contributed by atoms with E-state index in [1.807, 2.05) is 12.1 Å². The first-order valence-corrected chi connectivity index (χ1v) is 11.8. The predicted octanol–water partition coefficient (Wildman–Crippen LogP) is 4.61. The third-order valence-electron chi connectivity index (χ3n) is 7.21. The van der Waals surface area contributed by atoms with Crippen LogP contribution in [0.5, 0.6) is 5.75 Å². The van der Waals surface area contributed by atoms with Gasteiger partial charge in [-0.2, -0.15) is 5.26 Å². The highest BCUT2D eigenvalue weighted by atomic mass is 16.5. The van der Waals surface area contributed by atoms with Crippen LogP contribution in [0.3, 0.4) is 0 Å². The highest BCUT2D eigenvalue weighted by Crippen LogP contribution is 2.36. The summed E-state index contributed by atoms with van der Waals surface area (Å²) in [4.78, 5) is 15.4. The van der Waals surface area contributed by atoms with E-state index in [9.17, 15) is 10.1 Å². The minimum atomic E-state index is -0.236. The Labute approximate surface area is 199 Å². The molecule has 1 aromatic heterocycles. The molecule has 6 heteroatoms. The number of piperidine rings is 1. The molecule has 0 bridgehead atoms. The van der Waals surface area contributed by atoms with Crippen LogP contribution in [0.15, 0.2) is 53.3 Å². The Morgan fingerprint density at radius 1 is 1.12 bits per heavy atom. The van der Waals surface area contributed by atoms with Gasteiger partial charge in [-0.1, -0.05) is 30.3 Å². The van der Waals surface area contributed by atoms with Crippen molar-refractivity contribution in [3.05, 3.63) is 75.6 Å². The second-order valence-electron chi connectivity index (χ2n) is 9.02. The zero-order chi connectivity index (χ0) is 23.7. The maximum atomic E-state index is 13.2. The van der Waals surface area contributed by atoms with Crippen LogP contribution in [0.2, 0.25) is 0 Å². The molecule has 34 heavy (non-hydrogen) atoms. The zero-order valence-corrected chi connectivity index (χ0v) is 19.7. The summed E-state index contributed by atoms with van der Waals surface area (Å²) >= 11 is 0. The number of nitrogens with zero attached hydrogens (tertiary/aromatic N) is 3. The first kappa shape index (κ1) is 22.2. The Kier molecular flexibility index (Phi) is 6.12. The molecule has 0 N–H and O–H groups in total. The maximum absolute atomic E-state index is 13.2. The van der Waals surface area contributed by atoms with Gasteiger partial charge in [0.15, 0.2) is 0 Å². The topological polar surface area (TPSA) is 67.5 Å². The van der Waals surface area contributed by atoms with E-state index in [0.29, 0.717) is 19.1 Å². The number of methoxy groups -OCH3 is 1. The molecule has 2 aliphatic heterocycles. The van der Waals surface area contributed by atoms with Gasteiger partial charge in [-0.3, -0.25) is 4.79 Å². The molecule has 0 saturated carbocycles. The van der Waals surface area contributed by atoms with Gasteiger partial charge in [-0.25, -0.2) is 0 Å². The van der Waals surface area contributed by atoms with E-state index in [1.165, 1.54) is 11.1 Å². The summed E-state index contributed by atoms with van der Waals surface area (Å²) in [5.74, 6) is 1.32. The number of pyridine rings is 1. The van der Waals surface area contributed by atoms with E-state index < -0.39 is 0 Å². The fourth-order valence-corrected chi connectivity index (χ4v) is 5.25. The fourth-order valence-electron chi connectivity index (χ4n) is 5.25. The number of rotatable bonds is 4. The van der Waals surface area contributed by atoms with Gasteiger partial charge in [0.05, 0.1) is 31.5 Å². The van der Waals surface area contributed by atoms with Gasteiger partial charge in [0, 0.05) is 25.5 Å². The molecular weight excluding hydrogens is 426 g/mol. The van der Waals surface area contributed by atoms with Crippen molar-refractivity contribution >= 4 is 22.2 Å². The van der Waals surface area contributed by atoms with Crippen molar-refractivity contribution in [1.29, 1.82) is 5.26 Å². The Bertz CT molecular complexity index is 1340. The van der Waals surface area contributed by atoms with Crippen LogP contribution < -0.4 is 15.2 Å². The molecule has 0 atom stereocenters. The average Bonchev–Trinajstić information content (AvgIpc) is 2.91. The molecule has 1 saturated heterocycles. The number of ether oxygens (including phenoxy) is 2. The lowest BCUT2D eigenvalue weighted by Crippen LogP contribution is -2.35. The van der Waals surface area contributed by atoms with Crippen molar-refractivity contribution in [2.24, 2.45) is 7.05 Å². The van der Waals surface area contributed by atoms with Crippen molar-refractivity contribution < 1.29 is 9.47 Å². The molecular formula is C28H29N3O3. The molecule has 0 unspecified atom stereocenters. The molecule has 3 aromatic rings. The van der Waals surface area contributed by atoms with Crippen LogP contribution >= 0.6 is 0 Å². The quantitative estimate of drug-likeness (QED) is 0.575. The van der Waals surface area contributed by atoms with Crippen LogP contribution in [0, 0.1) is 11.3 Å². The second kappa shape index (κ2) is 9.36. The van der Waals surface area contributed by atoms with Gasteiger partial charge in [0.1, 0.15) is 17.4 Å². The van der Waals surface area contributed by atoms with Crippen LogP contribution in [-0.2, 0) is 11.8 Å². The van der Waals surface area contributed by atoms with E-state index in [1.54, 1.807) is 18.7 Å². The van der Waals surface area contributed by atoms with Crippen molar-refractivity contribution in [3.63, 3.8) is 0 Å². The number of benzene rings is 2. The van der Waals surface area contributed by atoms with E-state index >= 15 is 0 Å². The lowest BCUT2D eigenvalue weighted by atomic mass is 9.88. The Balaban J connectivity index is 1.50. The lowest BCUT2D eigenvalue weighted by molar-refractivity contribution is 0.161. The summed E-state index contributed by atoms with van der Waals surface area (Å²) in [6.07, 6.45) is 4.91. The van der Waals surface area contributed by atoms with E-state index in [-0.39, 0.29) is 11.1 Å². The third kappa shape index (κ3) is 3.97. The van der Waals surface area contributed by atoms with Gasteiger partial charge in [0.25, 0.3) is 5.56 Å². The van der Waals surface area contributed by atoms with Gasteiger partial charge < -0.3 is 18.9 Å².